The summed E-state index contributed by atoms with van der Waals surface area (Å²) in [7, 11) is -3.68. The van der Waals surface area contributed by atoms with Crippen molar-refractivity contribution in [1.82, 2.24) is 14.9 Å². The minimum Gasteiger partial charge on any atom is -0.348 e. The van der Waals surface area contributed by atoms with Crippen molar-refractivity contribution in [2.75, 3.05) is 13.1 Å². The van der Waals surface area contributed by atoms with Crippen molar-refractivity contribution in [1.29, 1.82) is 0 Å². The Morgan fingerprint density at radius 3 is 2.26 bits per heavy atom. The first-order valence-electron chi connectivity index (χ1n) is 11.5. The molecule has 0 saturated carbocycles. The van der Waals surface area contributed by atoms with Crippen molar-refractivity contribution in [3.8, 4) is 0 Å². The highest BCUT2D eigenvalue weighted by atomic mass is 32.2. The molecule has 2 aromatic rings. The van der Waals surface area contributed by atoms with Gasteiger partial charge in [-0.2, -0.15) is 4.31 Å². The Balaban J connectivity index is 1.58. The van der Waals surface area contributed by atoms with Gasteiger partial charge in [0, 0.05) is 25.7 Å². The van der Waals surface area contributed by atoms with E-state index in [2.05, 4.69) is 10.6 Å². The highest BCUT2D eigenvalue weighted by Gasteiger charge is 2.35. The molecule has 0 bridgehead atoms. The van der Waals surface area contributed by atoms with Crippen LogP contribution in [0.2, 0.25) is 0 Å². The van der Waals surface area contributed by atoms with Crippen molar-refractivity contribution < 1.29 is 22.4 Å². The molecule has 1 aliphatic rings. The maximum Gasteiger partial charge on any atom is 0.309 e. The molecule has 9 heteroatoms. The SMILES string of the molecule is Cc1cc(C)c(S(=O)(=O)N2CCCC[C@H]2CCNC(=O)C(=O)NCc2ccc(F)cc2)c(C)c1. The molecule has 7 nitrogen and oxygen atoms in total. The van der Waals surface area contributed by atoms with Crippen LogP contribution in [0.3, 0.4) is 0 Å². The summed E-state index contributed by atoms with van der Waals surface area (Å²) in [4.78, 5) is 24.6. The maximum atomic E-state index is 13.5. The van der Waals surface area contributed by atoms with Crippen molar-refractivity contribution in [3.63, 3.8) is 0 Å². The lowest BCUT2D eigenvalue weighted by atomic mass is 10.0. The van der Waals surface area contributed by atoms with E-state index in [1.165, 1.54) is 24.3 Å². The summed E-state index contributed by atoms with van der Waals surface area (Å²) in [6, 6.07) is 9.14. The number of benzene rings is 2. The molecule has 1 heterocycles. The van der Waals surface area contributed by atoms with E-state index in [0.29, 0.717) is 29.8 Å². The summed E-state index contributed by atoms with van der Waals surface area (Å²) in [5, 5.41) is 5.08. The fourth-order valence-electron chi connectivity index (χ4n) is 4.57. The van der Waals surface area contributed by atoms with E-state index in [-0.39, 0.29) is 24.9 Å². The third kappa shape index (κ3) is 6.21. The van der Waals surface area contributed by atoms with E-state index in [9.17, 15) is 22.4 Å². The van der Waals surface area contributed by atoms with E-state index in [1.807, 2.05) is 32.9 Å². The van der Waals surface area contributed by atoms with Crippen LogP contribution in [-0.4, -0.2) is 43.7 Å². The molecule has 0 aromatic heterocycles. The van der Waals surface area contributed by atoms with Gasteiger partial charge in [-0.25, -0.2) is 12.8 Å². The van der Waals surface area contributed by atoms with Gasteiger partial charge in [0.2, 0.25) is 10.0 Å². The van der Waals surface area contributed by atoms with E-state index in [0.717, 1.165) is 29.5 Å². The first-order chi connectivity index (χ1) is 16.1. The zero-order chi connectivity index (χ0) is 24.9. The number of carbonyl (C=O) groups excluding carboxylic acids is 2. The van der Waals surface area contributed by atoms with Crippen LogP contribution < -0.4 is 10.6 Å². The fraction of sp³-hybridized carbons (Fsp3) is 0.440. The zero-order valence-corrected chi connectivity index (χ0v) is 20.7. The Morgan fingerprint density at radius 2 is 1.62 bits per heavy atom. The van der Waals surface area contributed by atoms with Gasteiger partial charge in [-0.3, -0.25) is 9.59 Å². The van der Waals surface area contributed by atoms with Gasteiger partial charge in [-0.1, -0.05) is 36.2 Å². The topological polar surface area (TPSA) is 95.6 Å². The van der Waals surface area contributed by atoms with Crippen molar-refractivity contribution >= 4 is 21.8 Å². The van der Waals surface area contributed by atoms with Crippen LogP contribution in [0.15, 0.2) is 41.3 Å². The summed E-state index contributed by atoms with van der Waals surface area (Å²) in [5.41, 5.74) is 3.15. The Hall–Kier alpha value is -2.78. The van der Waals surface area contributed by atoms with Crippen LogP contribution >= 0.6 is 0 Å². The summed E-state index contributed by atoms with van der Waals surface area (Å²) >= 11 is 0. The second-order valence-electron chi connectivity index (χ2n) is 8.85. The number of rotatable bonds is 7. The predicted molar refractivity (Wildman–Crippen MR) is 128 cm³/mol. The van der Waals surface area contributed by atoms with E-state index in [1.54, 1.807) is 4.31 Å². The van der Waals surface area contributed by atoms with Crippen LogP contribution in [0.5, 0.6) is 0 Å². The van der Waals surface area contributed by atoms with Gasteiger partial charge in [0.25, 0.3) is 0 Å². The molecule has 0 unspecified atom stereocenters. The minimum atomic E-state index is -3.68. The second kappa shape index (κ2) is 11.1. The average Bonchev–Trinajstić information content (AvgIpc) is 2.77. The maximum absolute atomic E-state index is 13.5. The smallest absolute Gasteiger partial charge is 0.309 e. The van der Waals surface area contributed by atoms with Gasteiger partial charge in [0.15, 0.2) is 0 Å². The normalized spacial score (nSPS) is 16.8. The molecule has 3 rings (SSSR count). The van der Waals surface area contributed by atoms with Crippen molar-refractivity contribution in [2.45, 2.75) is 63.9 Å². The molecule has 0 radical (unpaired) electrons. The number of carbonyl (C=O) groups is 2. The van der Waals surface area contributed by atoms with E-state index >= 15 is 0 Å². The number of halogens is 1. The summed E-state index contributed by atoms with van der Waals surface area (Å²) in [6.07, 6.45) is 2.82. The lowest BCUT2D eigenvalue weighted by Crippen LogP contribution is -2.46. The van der Waals surface area contributed by atoms with Crippen LogP contribution in [0.1, 0.15) is 47.9 Å². The lowest BCUT2D eigenvalue weighted by Gasteiger charge is -2.35. The molecule has 1 fully saturated rings. The van der Waals surface area contributed by atoms with Gasteiger partial charge < -0.3 is 10.6 Å². The van der Waals surface area contributed by atoms with Crippen LogP contribution in [0.4, 0.5) is 4.39 Å². The molecule has 1 saturated heterocycles. The summed E-state index contributed by atoms with van der Waals surface area (Å²) < 4.78 is 41.6. The Bertz CT molecular complexity index is 1130. The number of hydrogen-bond acceptors (Lipinski definition) is 4. The van der Waals surface area contributed by atoms with Gasteiger partial charge in [-0.15, -0.1) is 0 Å². The van der Waals surface area contributed by atoms with E-state index < -0.39 is 21.8 Å². The molecule has 0 aliphatic carbocycles. The second-order valence-corrected chi connectivity index (χ2v) is 10.7. The van der Waals surface area contributed by atoms with Crippen molar-refractivity contribution in [2.24, 2.45) is 0 Å². The van der Waals surface area contributed by atoms with Crippen LogP contribution in [0, 0.1) is 26.6 Å². The minimum absolute atomic E-state index is 0.108. The average molecular weight is 490 g/mol. The quantitative estimate of drug-likeness (QED) is 0.584. The largest absolute Gasteiger partial charge is 0.348 e. The number of amides is 2. The van der Waals surface area contributed by atoms with E-state index in [4.69, 9.17) is 0 Å². The summed E-state index contributed by atoms with van der Waals surface area (Å²) in [5.74, 6) is -1.94. The van der Waals surface area contributed by atoms with Gasteiger partial charge >= 0.3 is 11.8 Å². The van der Waals surface area contributed by atoms with Crippen LogP contribution in [-0.2, 0) is 26.2 Å². The Labute approximate surface area is 200 Å². The highest BCUT2D eigenvalue weighted by molar-refractivity contribution is 7.89. The number of aryl methyl sites for hydroxylation is 3. The monoisotopic (exact) mass is 489 g/mol. The highest BCUT2D eigenvalue weighted by Crippen LogP contribution is 2.31. The Morgan fingerprint density at radius 1 is 1.00 bits per heavy atom. The fourth-order valence-corrected chi connectivity index (χ4v) is 6.71. The number of hydrogen-bond donors (Lipinski definition) is 2. The van der Waals surface area contributed by atoms with Gasteiger partial charge in [0.1, 0.15) is 5.82 Å². The summed E-state index contributed by atoms with van der Waals surface area (Å²) in [6.45, 7) is 6.31. The van der Waals surface area contributed by atoms with Gasteiger partial charge in [0.05, 0.1) is 4.90 Å². The first kappa shape index (κ1) is 25.8. The molecule has 34 heavy (non-hydrogen) atoms. The molecule has 184 valence electrons. The number of nitrogens with one attached hydrogen (secondary N) is 2. The lowest BCUT2D eigenvalue weighted by molar-refractivity contribution is -0.139. The van der Waals surface area contributed by atoms with Gasteiger partial charge in [-0.05, 0) is 68.9 Å². The molecule has 2 aromatic carbocycles. The number of piperidine rings is 1. The standard InChI is InChI=1S/C25H32FN3O4S/c1-17-14-18(2)23(19(3)15-17)34(32,33)29-13-5-4-6-22(29)11-12-27-24(30)25(31)28-16-20-7-9-21(26)10-8-20/h7-10,14-15,22H,4-6,11-13,16H2,1-3H3,(H,27,30)(H,28,31)/t22-/m0/s1. The third-order valence-corrected chi connectivity index (χ3v) is 8.34. The first-order valence-corrected chi connectivity index (χ1v) is 12.9. The zero-order valence-electron chi connectivity index (χ0n) is 19.9. The molecule has 1 aliphatic heterocycles. The Kier molecular flexibility index (Phi) is 8.43. The van der Waals surface area contributed by atoms with Crippen molar-refractivity contribution in [3.05, 3.63) is 64.5 Å². The number of nitrogens with zero attached hydrogens (tertiary/aromatic N) is 1. The molecular weight excluding hydrogens is 457 g/mol. The molecule has 2 amide bonds. The molecular formula is C25H32FN3O4S. The van der Waals surface area contributed by atoms with Crippen LogP contribution in [0.25, 0.3) is 0 Å². The molecule has 2 N–H and O–H groups in total. The third-order valence-electron chi connectivity index (χ3n) is 6.08. The predicted octanol–water partition coefficient (Wildman–Crippen LogP) is 3.12. The molecule has 1 atom stereocenters. The number of sulfonamides is 1. The molecule has 0 spiro atoms.